The quantitative estimate of drug-likeness (QED) is 0.795. The lowest BCUT2D eigenvalue weighted by Crippen LogP contribution is -2.40. The second-order valence-corrected chi connectivity index (χ2v) is 4.04. The first-order valence-electron chi connectivity index (χ1n) is 5.80. The maximum Gasteiger partial charge on any atom is 0.237 e. The standard InChI is InChI=1S/C12H17N3O2/c1-17-11-6-2-4-9(15-11)8-14-12(16)10-5-3-7-13-10/h2,4,6,10,13H,3,5,7-8H2,1H3,(H,14,16). The fourth-order valence-electron chi connectivity index (χ4n) is 1.88. The van der Waals surface area contributed by atoms with E-state index in [1.165, 1.54) is 0 Å². The smallest absolute Gasteiger partial charge is 0.237 e. The Kier molecular flexibility index (Phi) is 3.93. The molecule has 1 aliphatic heterocycles. The number of ether oxygens (including phenoxy) is 1. The highest BCUT2D eigenvalue weighted by Crippen LogP contribution is 2.07. The number of amides is 1. The van der Waals surface area contributed by atoms with E-state index in [-0.39, 0.29) is 11.9 Å². The molecule has 0 aromatic carbocycles. The number of nitrogens with one attached hydrogen (secondary N) is 2. The van der Waals surface area contributed by atoms with E-state index in [0.29, 0.717) is 12.4 Å². The number of hydrogen-bond donors (Lipinski definition) is 2. The Morgan fingerprint density at radius 3 is 3.24 bits per heavy atom. The lowest BCUT2D eigenvalue weighted by Gasteiger charge is -2.10. The molecule has 1 aliphatic rings. The SMILES string of the molecule is COc1cccc(CNC(=O)C2CCCN2)n1. The van der Waals surface area contributed by atoms with Crippen LogP contribution >= 0.6 is 0 Å². The van der Waals surface area contributed by atoms with E-state index in [1.807, 2.05) is 12.1 Å². The maximum absolute atomic E-state index is 11.7. The lowest BCUT2D eigenvalue weighted by atomic mass is 10.2. The van der Waals surface area contributed by atoms with Crippen LogP contribution in [0, 0.1) is 0 Å². The summed E-state index contributed by atoms with van der Waals surface area (Å²) in [4.78, 5) is 16.0. The second-order valence-electron chi connectivity index (χ2n) is 4.04. The van der Waals surface area contributed by atoms with Gasteiger partial charge in [0.25, 0.3) is 0 Å². The number of aromatic nitrogens is 1. The molecule has 17 heavy (non-hydrogen) atoms. The topological polar surface area (TPSA) is 63.2 Å². The summed E-state index contributed by atoms with van der Waals surface area (Å²) < 4.78 is 5.03. The van der Waals surface area contributed by atoms with E-state index in [2.05, 4.69) is 15.6 Å². The van der Waals surface area contributed by atoms with Crippen molar-refractivity contribution in [2.24, 2.45) is 0 Å². The minimum absolute atomic E-state index is 0.0411. The van der Waals surface area contributed by atoms with Crippen LogP contribution in [-0.4, -0.2) is 30.6 Å². The minimum Gasteiger partial charge on any atom is -0.481 e. The maximum atomic E-state index is 11.7. The van der Waals surface area contributed by atoms with Crippen LogP contribution in [0.2, 0.25) is 0 Å². The predicted octanol–water partition coefficient (Wildman–Crippen LogP) is 0.458. The van der Waals surface area contributed by atoms with Crippen LogP contribution in [0.1, 0.15) is 18.5 Å². The fourth-order valence-corrected chi connectivity index (χ4v) is 1.88. The Morgan fingerprint density at radius 1 is 1.65 bits per heavy atom. The molecule has 0 saturated carbocycles. The van der Waals surface area contributed by atoms with Crippen LogP contribution < -0.4 is 15.4 Å². The molecule has 0 aliphatic carbocycles. The molecule has 0 radical (unpaired) electrons. The van der Waals surface area contributed by atoms with Gasteiger partial charge < -0.3 is 15.4 Å². The Morgan fingerprint density at radius 2 is 2.53 bits per heavy atom. The van der Waals surface area contributed by atoms with Crippen molar-refractivity contribution in [3.05, 3.63) is 23.9 Å². The molecule has 92 valence electrons. The van der Waals surface area contributed by atoms with Gasteiger partial charge in [-0.2, -0.15) is 0 Å². The van der Waals surface area contributed by atoms with Gasteiger partial charge in [0.15, 0.2) is 0 Å². The van der Waals surface area contributed by atoms with Crippen LogP contribution in [0.15, 0.2) is 18.2 Å². The third-order valence-corrected chi connectivity index (χ3v) is 2.81. The molecule has 0 bridgehead atoms. The molecule has 5 heteroatoms. The highest BCUT2D eigenvalue weighted by molar-refractivity contribution is 5.81. The van der Waals surface area contributed by atoms with Crippen LogP contribution in [0.5, 0.6) is 5.88 Å². The molecule has 0 spiro atoms. The van der Waals surface area contributed by atoms with Crippen molar-refractivity contribution in [1.82, 2.24) is 15.6 Å². The van der Waals surface area contributed by atoms with Gasteiger partial charge in [-0.1, -0.05) is 6.07 Å². The molecular formula is C12H17N3O2. The summed E-state index contributed by atoms with van der Waals surface area (Å²) in [6, 6.07) is 5.47. The van der Waals surface area contributed by atoms with Crippen LogP contribution in [0.25, 0.3) is 0 Å². The summed E-state index contributed by atoms with van der Waals surface area (Å²) >= 11 is 0. The van der Waals surface area contributed by atoms with Crippen molar-refractivity contribution >= 4 is 5.91 Å². The van der Waals surface area contributed by atoms with Gasteiger partial charge in [0.1, 0.15) is 0 Å². The van der Waals surface area contributed by atoms with Crippen molar-refractivity contribution < 1.29 is 9.53 Å². The largest absolute Gasteiger partial charge is 0.481 e. The molecule has 1 saturated heterocycles. The number of carbonyl (C=O) groups is 1. The van der Waals surface area contributed by atoms with E-state index >= 15 is 0 Å². The summed E-state index contributed by atoms with van der Waals surface area (Å²) in [6.45, 7) is 1.36. The second kappa shape index (κ2) is 5.63. The lowest BCUT2D eigenvalue weighted by molar-refractivity contribution is -0.122. The van der Waals surface area contributed by atoms with E-state index in [0.717, 1.165) is 25.1 Å². The monoisotopic (exact) mass is 235 g/mol. The molecule has 1 amide bonds. The number of nitrogens with zero attached hydrogens (tertiary/aromatic N) is 1. The molecule has 2 heterocycles. The van der Waals surface area contributed by atoms with Crippen LogP contribution in [-0.2, 0) is 11.3 Å². The Bertz CT molecular complexity index is 389. The van der Waals surface area contributed by atoms with Crippen molar-refractivity contribution in [3.8, 4) is 5.88 Å². The van der Waals surface area contributed by atoms with Gasteiger partial charge in [0, 0.05) is 6.07 Å². The van der Waals surface area contributed by atoms with Crippen LogP contribution in [0.4, 0.5) is 0 Å². The van der Waals surface area contributed by atoms with Gasteiger partial charge in [-0.15, -0.1) is 0 Å². The normalized spacial score (nSPS) is 19.0. The predicted molar refractivity (Wildman–Crippen MR) is 63.7 cm³/mol. The van der Waals surface area contributed by atoms with Gasteiger partial charge in [-0.05, 0) is 25.5 Å². The zero-order valence-electron chi connectivity index (χ0n) is 9.90. The summed E-state index contributed by atoms with van der Waals surface area (Å²) in [7, 11) is 1.58. The van der Waals surface area contributed by atoms with Gasteiger partial charge in [-0.25, -0.2) is 4.98 Å². The van der Waals surface area contributed by atoms with Gasteiger partial charge in [0.05, 0.1) is 25.4 Å². The number of rotatable bonds is 4. The number of pyridine rings is 1. The molecule has 2 N–H and O–H groups in total. The Hall–Kier alpha value is -1.62. The average Bonchev–Trinajstić information content (AvgIpc) is 2.90. The summed E-state index contributed by atoms with van der Waals surface area (Å²) in [5.74, 6) is 0.614. The minimum atomic E-state index is -0.0411. The zero-order valence-corrected chi connectivity index (χ0v) is 9.90. The zero-order chi connectivity index (χ0) is 12.1. The third-order valence-electron chi connectivity index (χ3n) is 2.81. The first-order valence-corrected chi connectivity index (χ1v) is 5.80. The Labute approximate surface area is 101 Å². The molecule has 1 fully saturated rings. The molecule has 1 atom stereocenters. The molecule has 1 aromatic rings. The molecule has 2 rings (SSSR count). The number of hydrogen-bond acceptors (Lipinski definition) is 4. The van der Waals surface area contributed by atoms with E-state index < -0.39 is 0 Å². The summed E-state index contributed by atoms with van der Waals surface area (Å²) in [5, 5.41) is 6.03. The van der Waals surface area contributed by atoms with Gasteiger partial charge in [0.2, 0.25) is 11.8 Å². The van der Waals surface area contributed by atoms with Crippen molar-refractivity contribution in [1.29, 1.82) is 0 Å². The highest BCUT2D eigenvalue weighted by Gasteiger charge is 2.21. The van der Waals surface area contributed by atoms with Crippen molar-refractivity contribution in [2.75, 3.05) is 13.7 Å². The van der Waals surface area contributed by atoms with Crippen molar-refractivity contribution in [2.45, 2.75) is 25.4 Å². The van der Waals surface area contributed by atoms with Gasteiger partial charge in [-0.3, -0.25) is 4.79 Å². The van der Waals surface area contributed by atoms with E-state index in [9.17, 15) is 4.79 Å². The first-order chi connectivity index (χ1) is 8.29. The average molecular weight is 235 g/mol. The van der Waals surface area contributed by atoms with Crippen LogP contribution in [0.3, 0.4) is 0 Å². The highest BCUT2D eigenvalue weighted by atomic mass is 16.5. The summed E-state index contributed by atoms with van der Waals surface area (Å²) in [5.41, 5.74) is 0.802. The fraction of sp³-hybridized carbons (Fsp3) is 0.500. The molecule has 1 aromatic heterocycles. The first kappa shape index (κ1) is 11.9. The molecular weight excluding hydrogens is 218 g/mol. The molecule has 5 nitrogen and oxygen atoms in total. The van der Waals surface area contributed by atoms with Gasteiger partial charge >= 0.3 is 0 Å². The Balaban J connectivity index is 1.86. The van der Waals surface area contributed by atoms with E-state index in [1.54, 1.807) is 13.2 Å². The van der Waals surface area contributed by atoms with Crippen molar-refractivity contribution in [3.63, 3.8) is 0 Å². The van der Waals surface area contributed by atoms with E-state index in [4.69, 9.17) is 4.74 Å². The third kappa shape index (κ3) is 3.17. The number of carbonyl (C=O) groups excluding carboxylic acids is 1. The number of methoxy groups -OCH3 is 1. The summed E-state index contributed by atoms with van der Waals surface area (Å²) in [6.07, 6.45) is 1.98. The molecule has 1 unspecified atom stereocenters.